The van der Waals surface area contributed by atoms with Crippen molar-refractivity contribution in [3.63, 3.8) is 0 Å². The maximum absolute atomic E-state index is 10.3. The average Bonchev–Trinajstić information content (AvgIpc) is 2.91. The smallest absolute Gasteiger partial charge is 0.0669 e. The number of rotatable bonds is 4. The lowest BCUT2D eigenvalue weighted by atomic mass is 9.97. The first-order valence-corrected chi connectivity index (χ1v) is 8.46. The van der Waals surface area contributed by atoms with Crippen LogP contribution in [0.3, 0.4) is 0 Å². The Hall–Kier alpha value is -0.120. The van der Waals surface area contributed by atoms with Gasteiger partial charge in [-0.25, -0.2) is 0 Å². The fraction of sp³-hybridized carbons (Fsp3) is 1.00. The second-order valence-corrected chi connectivity index (χ2v) is 6.99. The van der Waals surface area contributed by atoms with Crippen LogP contribution in [-0.4, -0.2) is 59.8 Å². The van der Waals surface area contributed by atoms with E-state index in [4.69, 9.17) is 0 Å². The van der Waals surface area contributed by atoms with E-state index in [0.717, 1.165) is 31.5 Å². The third-order valence-corrected chi connectivity index (χ3v) is 5.47. The van der Waals surface area contributed by atoms with Crippen molar-refractivity contribution in [3.8, 4) is 0 Å². The molecule has 2 saturated heterocycles. The highest BCUT2D eigenvalue weighted by Gasteiger charge is 2.30. The highest BCUT2D eigenvalue weighted by atomic mass is 16.3. The summed E-state index contributed by atoms with van der Waals surface area (Å²) in [6.07, 6.45) is 10.6. The fourth-order valence-electron chi connectivity index (χ4n) is 4.39. The molecule has 3 rings (SSSR count). The number of piperidine rings is 1. The molecule has 3 aliphatic rings. The molecule has 0 aromatic rings. The van der Waals surface area contributed by atoms with Crippen molar-refractivity contribution in [1.29, 1.82) is 0 Å². The molecule has 3 heteroatoms. The molecule has 3 nitrogen and oxygen atoms in total. The number of fused-ring (bicyclic) bond motifs is 1. The predicted molar refractivity (Wildman–Crippen MR) is 78.2 cm³/mol. The second-order valence-electron chi connectivity index (χ2n) is 6.99. The first kappa shape index (κ1) is 13.8. The number of nitrogens with zero attached hydrogens (tertiary/aromatic N) is 2. The summed E-state index contributed by atoms with van der Waals surface area (Å²) in [6, 6.07) is 0.779. The summed E-state index contributed by atoms with van der Waals surface area (Å²) in [5.41, 5.74) is 0. The summed E-state index contributed by atoms with van der Waals surface area (Å²) in [6.45, 7) is 5.81. The van der Waals surface area contributed by atoms with Crippen molar-refractivity contribution < 1.29 is 5.11 Å². The first-order chi connectivity index (χ1) is 9.31. The number of hydrogen-bond acceptors (Lipinski definition) is 3. The first-order valence-electron chi connectivity index (χ1n) is 8.46. The van der Waals surface area contributed by atoms with Crippen LogP contribution in [0.4, 0.5) is 0 Å². The number of hydrogen-bond donors (Lipinski definition) is 1. The zero-order valence-corrected chi connectivity index (χ0v) is 12.3. The van der Waals surface area contributed by atoms with Crippen LogP contribution in [0, 0.1) is 5.92 Å². The lowest BCUT2D eigenvalue weighted by Crippen LogP contribution is -2.55. The Labute approximate surface area is 118 Å². The minimum absolute atomic E-state index is 0.0850. The van der Waals surface area contributed by atoms with Gasteiger partial charge in [-0.05, 0) is 31.7 Å². The van der Waals surface area contributed by atoms with Gasteiger partial charge in [-0.1, -0.05) is 32.1 Å². The van der Waals surface area contributed by atoms with Crippen molar-refractivity contribution in [3.05, 3.63) is 0 Å². The summed E-state index contributed by atoms with van der Waals surface area (Å²) in [4.78, 5) is 5.19. The maximum atomic E-state index is 10.3. The van der Waals surface area contributed by atoms with Crippen LogP contribution < -0.4 is 0 Å². The summed E-state index contributed by atoms with van der Waals surface area (Å²) < 4.78 is 0. The van der Waals surface area contributed by atoms with Gasteiger partial charge in [0.25, 0.3) is 0 Å². The minimum atomic E-state index is -0.0850. The van der Waals surface area contributed by atoms with Gasteiger partial charge in [-0.2, -0.15) is 0 Å². The number of piperazine rings is 1. The number of aliphatic hydroxyl groups is 1. The average molecular weight is 266 g/mol. The molecule has 2 heterocycles. The lowest BCUT2D eigenvalue weighted by molar-refractivity contribution is 0.0184. The Balaban J connectivity index is 1.42. The van der Waals surface area contributed by atoms with Gasteiger partial charge in [-0.3, -0.25) is 9.80 Å². The lowest BCUT2D eigenvalue weighted by Gasteiger charge is -2.44. The highest BCUT2D eigenvalue weighted by Crippen LogP contribution is 2.29. The van der Waals surface area contributed by atoms with Crippen LogP contribution in [0.15, 0.2) is 0 Å². The van der Waals surface area contributed by atoms with Crippen LogP contribution in [0.25, 0.3) is 0 Å². The van der Waals surface area contributed by atoms with Crippen LogP contribution in [0.2, 0.25) is 0 Å². The quantitative estimate of drug-likeness (QED) is 0.844. The molecule has 0 aromatic carbocycles. The molecule has 1 aliphatic carbocycles. The second kappa shape index (κ2) is 6.55. The molecule has 1 N–H and O–H groups in total. The van der Waals surface area contributed by atoms with Gasteiger partial charge in [0, 0.05) is 32.2 Å². The fourth-order valence-corrected chi connectivity index (χ4v) is 4.39. The standard InChI is InChI=1S/C16H30N2O/c19-16(11-14-5-1-2-6-14)13-17-9-10-18-8-4-3-7-15(18)12-17/h14-16,19H,1-13H2. The van der Waals surface area contributed by atoms with E-state index in [1.807, 2.05) is 0 Å². The Morgan fingerprint density at radius 1 is 0.947 bits per heavy atom. The Morgan fingerprint density at radius 2 is 1.74 bits per heavy atom. The Kier molecular flexibility index (Phi) is 4.78. The highest BCUT2D eigenvalue weighted by molar-refractivity contribution is 4.86. The molecule has 0 spiro atoms. The van der Waals surface area contributed by atoms with Crippen molar-refractivity contribution in [1.82, 2.24) is 9.80 Å². The Bertz CT molecular complexity index is 278. The van der Waals surface area contributed by atoms with Crippen molar-refractivity contribution >= 4 is 0 Å². The van der Waals surface area contributed by atoms with E-state index in [-0.39, 0.29) is 6.10 Å². The summed E-state index contributed by atoms with van der Waals surface area (Å²) >= 11 is 0. The van der Waals surface area contributed by atoms with Crippen molar-refractivity contribution in [2.45, 2.75) is 63.5 Å². The molecule has 1 saturated carbocycles. The van der Waals surface area contributed by atoms with E-state index < -0.39 is 0 Å². The molecular weight excluding hydrogens is 236 g/mol. The molecule has 0 bridgehead atoms. The Morgan fingerprint density at radius 3 is 2.58 bits per heavy atom. The van der Waals surface area contributed by atoms with Crippen molar-refractivity contribution in [2.75, 3.05) is 32.7 Å². The van der Waals surface area contributed by atoms with E-state index in [2.05, 4.69) is 9.80 Å². The molecule has 2 atom stereocenters. The van der Waals surface area contributed by atoms with Crippen molar-refractivity contribution in [2.24, 2.45) is 5.92 Å². The molecule has 3 fully saturated rings. The third kappa shape index (κ3) is 3.71. The SMILES string of the molecule is OC(CC1CCCC1)CN1CCN2CCCCC2C1. The summed E-state index contributed by atoms with van der Waals surface area (Å²) in [5, 5.41) is 10.3. The van der Waals surface area contributed by atoms with E-state index in [1.54, 1.807) is 0 Å². The molecule has 2 aliphatic heterocycles. The number of aliphatic hydroxyl groups excluding tert-OH is 1. The normalized spacial score (nSPS) is 32.4. The molecule has 2 unspecified atom stereocenters. The largest absolute Gasteiger partial charge is 0.392 e. The van der Waals surface area contributed by atoms with Crippen LogP contribution in [0.5, 0.6) is 0 Å². The maximum Gasteiger partial charge on any atom is 0.0669 e. The zero-order chi connectivity index (χ0) is 13.1. The van der Waals surface area contributed by atoms with Gasteiger partial charge in [0.2, 0.25) is 0 Å². The van der Waals surface area contributed by atoms with Gasteiger partial charge in [0.1, 0.15) is 0 Å². The van der Waals surface area contributed by atoms with Gasteiger partial charge in [0.05, 0.1) is 6.10 Å². The van der Waals surface area contributed by atoms with E-state index in [1.165, 1.54) is 64.6 Å². The molecule has 0 radical (unpaired) electrons. The molecule has 19 heavy (non-hydrogen) atoms. The van der Waals surface area contributed by atoms with Gasteiger partial charge >= 0.3 is 0 Å². The van der Waals surface area contributed by atoms with Crippen LogP contribution in [0.1, 0.15) is 51.4 Å². The van der Waals surface area contributed by atoms with Crippen LogP contribution >= 0.6 is 0 Å². The van der Waals surface area contributed by atoms with E-state index in [9.17, 15) is 5.11 Å². The topological polar surface area (TPSA) is 26.7 Å². The molecule has 0 aromatic heterocycles. The minimum Gasteiger partial charge on any atom is -0.392 e. The molecule has 0 amide bonds. The predicted octanol–water partition coefficient (Wildman–Crippen LogP) is 2.10. The monoisotopic (exact) mass is 266 g/mol. The molecule has 110 valence electrons. The molecular formula is C16H30N2O. The van der Waals surface area contributed by atoms with E-state index >= 15 is 0 Å². The van der Waals surface area contributed by atoms with Gasteiger partial charge in [0.15, 0.2) is 0 Å². The van der Waals surface area contributed by atoms with E-state index in [0.29, 0.717) is 0 Å². The zero-order valence-electron chi connectivity index (χ0n) is 12.3. The summed E-state index contributed by atoms with van der Waals surface area (Å²) in [5.74, 6) is 0.811. The number of β-amino-alcohol motifs (C(OH)–C–C–N with tert-alkyl or cyclic N) is 1. The third-order valence-electron chi connectivity index (χ3n) is 5.47. The van der Waals surface area contributed by atoms with Gasteiger partial charge < -0.3 is 5.11 Å². The van der Waals surface area contributed by atoms with Crippen LogP contribution in [-0.2, 0) is 0 Å². The van der Waals surface area contributed by atoms with Gasteiger partial charge in [-0.15, -0.1) is 0 Å². The summed E-state index contributed by atoms with van der Waals surface area (Å²) in [7, 11) is 0.